The van der Waals surface area contributed by atoms with Crippen LogP contribution < -0.4 is 0 Å². The maximum absolute atomic E-state index is 11.8. The minimum Gasteiger partial charge on any atom is -0.370 e. The van der Waals surface area contributed by atoms with Crippen LogP contribution in [-0.4, -0.2) is 35.5 Å². The van der Waals surface area contributed by atoms with E-state index in [1.807, 2.05) is 6.92 Å². The lowest BCUT2D eigenvalue weighted by atomic mass is 9.74. The van der Waals surface area contributed by atoms with E-state index in [1.165, 1.54) is 4.90 Å². The molecular formula is C10H13NO3. The largest absolute Gasteiger partial charge is 0.370 e. The number of hydrogen-bond acceptors (Lipinski definition) is 3. The average Bonchev–Trinajstić information content (AvgIpc) is 2.72. The van der Waals surface area contributed by atoms with Crippen LogP contribution in [0.4, 0.5) is 0 Å². The maximum Gasteiger partial charge on any atom is 0.235 e. The van der Waals surface area contributed by atoms with Crippen molar-refractivity contribution in [2.45, 2.75) is 31.5 Å². The van der Waals surface area contributed by atoms with Crippen molar-refractivity contribution in [3.63, 3.8) is 0 Å². The van der Waals surface area contributed by atoms with Crippen LogP contribution in [0.25, 0.3) is 0 Å². The predicted molar refractivity (Wildman–Crippen MR) is 47.3 cm³/mol. The van der Waals surface area contributed by atoms with Crippen molar-refractivity contribution in [1.29, 1.82) is 0 Å². The molecule has 14 heavy (non-hydrogen) atoms. The molecule has 3 heterocycles. The maximum atomic E-state index is 11.8. The highest BCUT2D eigenvalue weighted by molar-refractivity contribution is 6.06. The molecule has 0 saturated carbocycles. The Morgan fingerprint density at radius 1 is 1.43 bits per heavy atom. The van der Waals surface area contributed by atoms with E-state index in [0.29, 0.717) is 0 Å². The first-order valence-corrected chi connectivity index (χ1v) is 5.04. The Hall–Kier alpha value is -0.900. The Morgan fingerprint density at radius 2 is 2.14 bits per heavy atom. The first kappa shape index (κ1) is 8.41. The number of amides is 2. The zero-order valence-corrected chi connectivity index (χ0v) is 8.32. The van der Waals surface area contributed by atoms with Gasteiger partial charge in [-0.3, -0.25) is 14.5 Å². The second-order valence-corrected chi connectivity index (χ2v) is 4.75. The summed E-state index contributed by atoms with van der Waals surface area (Å²) in [5.74, 6) is -0.497. The average molecular weight is 195 g/mol. The smallest absolute Gasteiger partial charge is 0.235 e. The van der Waals surface area contributed by atoms with Gasteiger partial charge in [0.05, 0.1) is 23.5 Å². The Bertz CT molecular complexity index is 340. The Morgan fingerprint density at radius 3 is 2.79 bits per heavy atom. The summed E-state index contributed by atoms with van der Waals surface area (Å²) in [6.07, 6.45) is 1.82. The summed E-state index contributed by atoms with van der Waals surface area (Å²) in [6.45, 7) is 1.96. The zero-order valence-electron chi connectivity index (χ0n) is 8.32. The summed E-state index contributed by atoms with van der Waals surface area (Å²) in [5.41, 5.74) is -0.368. The first-order valence-electron chi connectivity index (χ1n) is 5.04. The summed E-state index contributed by atoms with van der Waals surface area (Å²) < 4.78 is 5.75. The molecule has 0 spiro atoms. The number of carbonyl (C=O) groups is 2. The first-order chi connectivity index (χ1) is 6.54. The van der Waals surface area contributed by atoms with Gasteiger partial charge < -0.3 is 4.74 Å². The van der Waals surface area contributed by atoms with Crippen molar-refractivity contribution in [2.75, 3.05) is 7.05 Å². The van der Waals surface area contributed by atoms with Gasteiger partial charge in [-0.2, -0.15) is 0 Å². The lowest BCUT2D eigenvalue weighted by Crippen LogP contribution is -2.38. The minimum atomic E-state index is -0.368. The molecule has 0 N–H and O–H groups in total. The Labute approximate surface area is 82.2 Å². The lowest BCUT2D eigenvalue weighted by molar-refractivity contribution is -0.142. The number of hydrogen-bond donors (Lipinski definition) is 0. The molecule has 0 aliphatic carbocycles. The summed E-state index contributed by atoms with van der Waals surface area (Å²) in [4.78, 5) is 24.8. The van der Waals surface area contributed by atoms with E-state index >= 15 is 0 Å². The summed E-state index contributed by atoms with van der Waals surface area (Å²) in [7, 11) is 1.58. The fraction of sp³-hybridized carbons (Fsp3) is 0.800. The van der Waals surface area contributed by atoms with E-state index in [-0.39, 0.29) is 35.4 Å². The topological polar surface area (TPSA) is 46.6 Å². The van der Waals surface area contributed by atoms with Gasteiger partial charge in [0, 0.05) is 7.05 Å². The summed E-state index contributed by atoms with van der Waals surface area (Å²) >= 11 is 0. The van der Waals surface area contributed by atoms with Crippen molar-refractivity contribution in [1.82, 2.24) is 4.90 Å². The molecule has 3 aliphatic heterocycles. The van der Waals surface area contributed by atoms with Gasteiger partial charge in [0.2, 0.25) is 11.8 Å². The number of ether oxygens (including phenoxy) is 1. The Kier molecular flexibility index (Phi) is 1.31. The Balaban J connectivity index is 2.08. The molecule has 2 amide bonds. The van der Waals surface area contributed by atoms with E-state index < -0.39 is 0 Å². The van der Waals surface area contributed by atoms with Crippen molar-refractivity contribution in [3.8, 4) is 0 Å². The molecule has 2 bridgehead atoms. The molecule has 3 saturated heterocycles. The molecule has 76 valence electrons. The number of imide groups is 1. The van der Waals surface area contributed by atoms with Gasteiger partial charge in [-0.25, -0.2) is 0 Å². The third kappa shape index (κ3) is 0.704. The minimum absolute atomic E-state index is 0.00796. The number of carbonyl (C=O) groups excluding carboxylic acids is 2. The third-order valence-corrected chi connectivity index (χ3v) is 3.98. The van der Waals surface area contributed by atoms with Crippen molar-refractivity contribution in [2.24, 2.45) is 11.8 Å². The van der Waals surface area contributed by atoms with E-state index in [9.17, 15) is 9.59 Å². The number of rotatable bonds is 0. The fourth-order valence-corrected chi connectivity index (χ4v) is 3.23. The highest BCUT2D eigenvalue weighted by atomic mass is 16.5. The highest BCUT2D eigenvalue weighted by Crippen LogP contribution is 2.54. The van der Waals surface area contributed by atoms with Gasteiger partial charge >= 0.3 is 0 Å². The summed E-state index contributed by atoms with van der Waals surface area (Å²) in [6, 6.07) is 0. The molecule has 0 radical (unpaired) electrons. The molecular weight excluding hydrogens is 182 g/mol. The van der Waals surface area contributed by atoms with Gasteiger partial charge in [0.25, 0.3) is 0 Å². The van der Waals surface area contributed by atoms with Crippen LogP contribution in [0.15, 0.2) is 0 Å². The number of likely N-dealkylation sites (tertiary alicyclic amines) is 1. The summed E-state index contributed by atoms with van der Waals surface area (Å²) in [5, 5.41) is 0. The van der Waals surface area contributed by atoms with Gasteiger partial charge in [0.1, 0.15) is 0 Å². The van der Waals surface area contributed by atoms with E-state index in [4.69, 9.17) is 4.74 Å². The predicted octanol–water partition coefficient (Wildman–Crippen LogP) is 0.169. The second-order valence-electron chi connectivity index (χ2n) is 4.75. The fourth-order valence-electron chi connectivity index (χ4n) is 3.23. The van der Waals surface area contributed by atoms with E-state index in [1.54, 1.807) is 7.05 Å². The van der Waals surface area contributed by atoms with Crippen molar-refractivity contribution in [3.05, 3.63) is 0 Å². The van der Waals surface area contributed by atoms with Gasteiger partial charge in [-0.1, -0.05) is 0 Å². The molecule has 0 aromatic heterocycles. The SMILES string of the molecule is CN1C(=O)[C@@H]2[C@H]3CC[C@@](C)(O3)[C@H]2C1=O. The second kappa shape index (κ2) is 2.19. The molecule has 3 aliphatic rings. The van der Waals surface area contributed by atoms with E-state index in [2.05, 4.69) is 0 Å². The monoisotopic (exact) mass is 195 g/mol. The standard InChI is InChI=1S/C10H13NO3/c1-10-4-3-5(14-10)6-7(10)9(13)11(2)8(6)12/h5-7H,3-4H2,1-2H3/t5-,6-,7-,10-/m1/s1. The van der Waals surface area contributed by atoms with Crippen LogP contribution in [0.5, 0.6) is 0 Å². The van der Waals surface area contributed by atoms with Crippen LogP contribution in [0, 0.1) is 11.8 Å². The number of nitrogens with zero attached hydrogens (tertiary/aromatic N) is 1. The van der Waals surface area contributed by atoms with Crippen molar-refractivity contribution < 1.29 is 14.3 Å². The molecule has 3 fully saturated rings. The van der Waals surface area contributed by atoms with Crippen LogP contribution in [0.1, 0.15) is 19.8 Å². The molecule has 0 aromatic carbocycles. The van der Waals surface area contributed by atoms with Crippen LogP contribution in [0.3, 0.4) is 0 Å². The van der Waals surface area contributed by atoms with Gasteiger partial charge in [-0.05, 0) is 19.8 Å². The van der Waals surface area contributed by atoms with E-state index in [0.717, 1.165) is 12.8 Å². The highest BCUT2D eigenvalue weighted by Gasteiger charge is 2.66. The quantitative estimate of drug-likeness (QED) is 0.517. The normalized spacial score (nSPS) is 50.4. The molecule has 4 heteroatoms. The molecule has 0 unspecified atom stereocenters. The lowest BCUT2D eigenvalue weighted by Gasteiger charge is -2.25. The molecule has 4 nitrogen and oxygen atoms in total. The van der Waals surface area contributed by atoms with Crippen molar-refractivity contribution >= 4 is 11.8 Å². The third-order valence-electron chi connectivity index (χ3n) is 3.98. The van der Waals surface area contributed by atoms with Crippen LogP contribution in [-0.2, 0) is 14.3 Å². The molecule has 0 aromatic rings. The number of fused-ring (bicyclic) bond motifs is 5. The zero-order chi connectivity index (χ0) is 10.1. The van der Waals surface area contributed by atoms with Crippen LogP contribution >= 0.6 is 0 Å². The van der Waals surface area contributed by atoms with Crippen LogP contribution in [0.2, 0.25) is 0 Å². The van der Waals surface area contributed by atoms with Gasteiger partial charge in [-0.15, -0.1) is 0 Å². The van der Waals surface area contributed by atoms with Gasteiger partial charge in [0.15, 0.2) is 0 Å². The molecule has 3 rings (SSSR count). The molecule has 4 atom stereocenters.